The first-order valence-electron chi connectivity index (χ1n) is 7.65. The Labute approximate surface area is 146 Å². The molecule has 130 valence electrons. The van der Waals surface area contributed by atoms with Crippen LogP contribution in [-0.4, -0.2) is 19.4 Å². The van der Waals surface area contributed by atoms with Crippen LogP contribution in [0.4, 0.5) is 18.9 Å². The zero-order chi connectivity index (χ0) is 18.3. The summed E-state index contributed by atoms with van der Waals surface area (Å²) in [6.07, 6.45) is -0.0620. The van der Waals surface area contributed by atoms with E-state index in [9.17, 15) is 13.2 Å². The summed E-state index contributed by atoms with van der Waals surface area (Å²) in [5, 5.41) is 0. The zero-order valence-corrected chi connectivity index (χ0v) is 13.3. The number of aromatic nitrogens is 4. The van der Waals surface area contributed by atoms with Gasteiger partial charge in [0, 0.05) is 29.2 Å². The zero-order valence-electron chi connectivity index (χ0n) is 13.3. The van der Waals surface area contributed by atoms with Gasteiger partial charge in [0.15, 0.2) is 0 Å². The van der Waals surface area contributed by atoms with E-state index in [1.165, 1.54) is 6.07 Å². The summed E-state index contributed by atoms with van der Waals surface area (Å²) in [6, 6.07) is 12.2. The molecule has 26 heavy (non-hydrogen) atoms. The van der Waals surface area contributed by atoms with E-state index in [0.29, 0.717) is 16.9 Å². The number of nitrogens with two attached hydrogens (primary N) is 1. The van der Waals surface area contributed by atoms with Crippen LogP contribution in [0.2, 0.25) is 0 Å². The predicted octanol–water partition coefficient (Wildman–Crippen LogP) is 4.06. The van der Waals surface area contributed by atoms with Crippen LogP contribution < -0.4 is 5.73 Å². The van der Waals surface area contributed by atoms with Crippen molar-refractivity contribution in [3.8, 4) is 22.5 Å². The molecule has 5 nitrogen and oxygen atoms in total. The fraction of sp³-hybridized carbons (Fsp3) is 0.0556. The van der Waals surface area contributed by atoms with Gasteiger partial charge in [-0.2, -0.15) is 13.2 Å². The molecule has 0 aliphatic rings. The number of nitrogen functional groups attached to an aromatic ring is 1. The normalized spacial score (nSPS) is 11.8. The number of anilines is 1. The molecule has 2 N–H and O–H groups in total. The topological polar surface area (TPSA) is 69.1 Å². The SMILES string of the molecule is Nc1cccc(-c2cnc3cc(-c4ccnc(C(F)(F)F)n4)ccn23)c1. The number of imidazole rings is 1. The van der Waals surface area contributed by atoms with Gasteiger partial charge in [0.1, 0.15) is 5.65 Å². The van der Waals surface area contributed by atoms with Crippen molar-refractivity contribution in [2.24, 2.45) is 0 Å². The Morgan fingerprint density at radius 1 is 0.962 bits per heavy atom. The van der Waals surface area contributed by atoms with Gasteiger partial charge in [-0.05, 0) is 30.3 Å². The second kappa shape index (κ2) is 5.83. The predicted molar refractivity (Wildman–Crippen MR) is 91.1 cm³/mol. The second-order valence-corrected chi connectivity index (χ2v) is 5.68. The number of hydrogen-bond donors (Lipinski definition) is 1. The molecule has 0 amide bonds. The quantitative estimate of drug-likeness (QED) is 0.551. The Balaban J connectivity index is 1.78. The highest BCUT2D eigenvalue weighted by Gasteiger charge is 2.34. The van der Waals surface area contributed by atoms with Gasteiger partial charge in [-0.15, -0.1) is 0 Å². The van der Waals surface area contributed by atoms with Gasteiger partial charge in [0.25, 0.3) is 0 Å². The second-order valence-electron chi connectivity index (χ2n) is 5.68. The molecule has 4 rings (SSSR count). The molecule has 1 aromatic carbocycles. The van der Waals surface area contributed by atoms with Gasteiger partial charge in [0.05, 0.1) is 17.6 Å². The summed E-state index contributed by atoms with van der Waals surface area (Å²) in [4.78, 5) is 11.2. The third kappa shape index (κ3) is 2.85. The highest BCUT2D eigenvalue weighted by molar-refractivity contribution is 5.70. The smallest absolute Gasteiger partial charge is 0.399 e. The first-order chi connectivity index (χ1) is 12.4. The molecule has 0 aliphatic carbocycles. The average molecular weight is 355 g/mol. The fourth-order valence-corrected chi connectivity index (χ4v) is 2.71. The van der Waals surface area contributed by atoms with Crippen LogP contribution in [0.3, 0.4) is 0 Å². The lowest BCUT2D eigenvalue weighted by molar-refractivity contribution is -0.144. The van der Waals surface area contributed by atoms with E-state index in [0.717, 1.165) is 17.5 Å². The van der Waals surface area contributed by atoms with Crippen LogP contribution in [-0.2, 0) is 6.18 Å². The standard InChI is InChI=1S/C18H12F3N5/c19-18(20,21)17-23-6-4-14(25-17)11-5-7-26-15(10-24-16(26)9-11)12-2-1-3-13(22)8-12/h1-10H,22H2. The first kappa shape index (κ1) is 16.1. The maximum absolute atomic E-state index is 12.8. The van der Waals surface area contributed by atoms with E-state index in [-0.39, 0.29) is 5.69 Å². The van der Waals surface area contributed by atoms with Crippen molar-refractivity contribution in [2.75, 3.05) is 5.73 Å². The van der Waals surface area contributed by atoms with Crippen LogP contribution in [0.1, 0.15) is 5.82 Å². The molecule has 8 heteroatoms. The number of fused-ring (bicyclic) bond motifs is 1. The Bertz CT molecular complexity index is 1100. The van der Waals surface area contributed by atoms with Gasteiger partial charge in [-0.3, -0.25) is 4.40 Å². The van der Waals surface area contributed by atoms with Gasteiger partial charge in [0.2, 0.25) is 5.82 Å². The van der Waals surface area contributed by atoms with Crippen LogP contribution in [0.15, 0.2) is 61.1 Å². The van der Waals surface area contributed by atoms with Crippen molar-refractivity contribution >= 4 is 11.3 Å². The summed E-state index contributed by atoms with van der Waals surface area (Å²) in [6.45, 7) is 0. The van der Waals surface area contributed by atoms with Gasteiger partial charge >= 0.3 is 6.18 Å². The molecule has 0 unspecified atom stereocenters. The Kier molecular flexibility index (Phi) is 3.61. The minimum atomic E-state index is -4.59. The van der Waals surface area contributed by atoms with Crippen molar-refractivity contribution in [3.63, 3.8) is 0 Å². The van der Waals surface area contributed by atoms with E-state index in [1.54, 1.807) is 30.6 Å². The van der Waals surface area contributed by atoms with Crippen molar-refractivity contribution in [1.82, 2.24) is 19.4 Å². The molecule has 0 bridgehead atoms. The fourth-order valence-electron chi connectivity index (χ4n) is 2.71. The molecule has 0 spiro atoms. The number of rotatable bonds is 2. The molecule has 0 saturated carbocycles. The summed E-state index contributed by atoms with van der Waals surface area (Å²) < 4.78 is 40.3. The van der Waals surface area contributed by atoms with E-state index in [2.05, 4.69) is 15.0 Å². The van der Waals surface area contributed by atoms with Gasteiger partial charge in [-0.25, -0.2) is 15.0 Å². The minimum absolute atomic E-state index is 0.184. The third-order valence-electron chi connectivity index (χ3n) is 3.90. The van der Waals surface area contributed by atoms with Crippen LogP contribution in [0.25, 0.3) is 28.2 Å². The molecule has 0 fully saturated rings. The van der Waals surface area contributed by atoms with Gasteiger partial charge < -0.3 is 5.73 Å². The lowest BCUT2D eigenvalue weighted by atomic mass is 10.1. The maximum atomic E-state index is 12.8. The van der Waals surface area contributed by atoms with Crippen LogP contribution in [0, 0.1) is 0 Å². The number of benzene rings is 1. The Morgan fingerprint density at radius 2 is 1.81 bits per heavy atom. The number of hydrogen-bond acceptors (Lipinski definition) is 4. The van der Waals surface area contributed by atoms with E-state index in [1.807, 2.05) is 22.6 Å². The molecular formula is C18H12F3N5. The summed E-state index contributed by atoms with van der Waals surface area (Å²) in [5.41, 5.74) is 9.48. The van der Waals surface area contributed by atoms with Crippen molar-refractivity contribution in [3.05, 3.63) is 66.9 Å². The van der Waals surface area contributed by atoms with Crippen molar-refractivity contribution in [1.29, 1.82) is 0 Å². The van der Waals surface area contributed by atoms with E-state index < -0.39 is 12.0 Å². The maximum Gasteiger partial charge on any atom is 0.451 e. The molecule has 0 radical (unpaired) electrons. The molecule has 3 aromatic heterocycles. The number of nitrogens with zero attached hydrogens (tertiary/aromatic N) is 4. The molecule has 4 aromatic rings. The number of pyridine rings is 1. The van der Waals surface area contributed by atoms with Crippen LogP contribution in [0.5, 0.6) is 0 Å². The van der Waals surface area contributed by atoms with Gasteiger partial charge in [-0.1, -0.05) is 12.1 Å². The molecule has 0 saturated heterocycles. The molecule has 3 heterocycles. The number of halogens is 3. The van der Waals surface area contributed by atoms with E-state index in [4.69, 9.17) is 5.73 Å². The molecule has 0 aliphatic heterocycles. The van der Waals surface area contributed by atoms with Crippen LogP contribution >= 0.6 is 0 Å². The van der Waals surface area contributed by atoms with E-state index >= 15 is 0 Å². The van der Waals surface area contributed by atoms with Crippen molar-refractivity contribution in [2.45, 2.75) is 6.18 Å². The third-order valence-corrected chi connectivity index (χ3v) is 3.90. The molecule has 0 atom stereocenters. The Hall–Kier alpha value is -3.42. The van der Waals surface area contributed by atoms with Crippen molar-refractivity contribution < 1.29 is 13.2 Å². The molecular weight excluding hydrogens is 343 g/mol. The summed E-state index contributed by atoms with van der Waals surface area (Å²) >= 11 is 0. The minimum Gasteiger partial charge on any atom is -0.399 e. The highest BCUT2D eigenvalue weighted by Crippen LogP contribution is 2.29. The summed E-state index contributed by atoms with van der Waals surface area (Å²) in [7, 11) is 0. The number of alkyl halides is 3. The first-order valence-corrected chi connectivity index (χ1v) is 7.65. The summed E-state index contributed by atoms with van der Waals surface area (Å²) in [5.74, 6) is -1.17. The lowest BCUT2D eigenvalue weighted by Crippen LogP contribution is -2.11. The largest absolute Gasteiger partial charge is 0.451 e. The monoisotopic (exact) mass is 355 g/mol. The lowest BCUT2D eigenvalue weighted by Gasteiger charge is -2.08. The Morgan fingerprint density at radius 3 is 2.58 bits per heavy atom. The average Bonchev–Trinajstić information content (AvgIpc) is 3.04. The highest BCUT2D eigenvalue weighted by atomic mass is 19.4.